The first-order valence-corrected chi connectivity index (χ1v) is 10.4. The van der Waals surface area contributed by atoms with E-state index in [-0.39, 0.29) is 18.9 Å². The van der Waals surface area contributed by atoms with Crippen LogP contribution in [0, 0.1) is 11.3 Å². The Morgan fingerprint density at radius 1 is 1.17 bits per heavy atom. The highest BCUT2D eigenvalue weighted by molar-refractivity contribution is 7.18. The molecule has 0 N–H and O–H groups in total. The lowest BCUT2D eigenvalue weighted by atomic mass is 9.79. The number of nitriles is 1. The van der Waals surface area contributed by atoms with E-state index < -0.39 is 11.4 Å². The largest absolute Gasteiger partial charge is 0.455 e. The molecule has 0 aliphatic heterocycles. The van der Waals surface area contributed by atoms with Crippen molar-refractivity contribution in [2.24, 2.45) is 0 Å². The first-order chi connectivity index (χ1) is 14.4. The zero-order chi connectivity index (χ0) is 21.6. The molecule has 6 nitrogen and oxygen atoms in total. The number of hydrogen-bond donors (Lipinski definition) is 0. The van der Waals surface area contributed by atoms with Crippen LogP contribution in [-0.4, -0.2) is 42.0 Å². The monoisotopic (exact) mass is 421 g/mol. The van der Waals surface area contributed by atoms with Gasteiger partial charge in [0.05, 0.1) is 33.1 Å². The third kappa shape index (κ3) is 4.84. The minimum absolute atomic E-state index is 0.232. The minimum atomic E-state index is -0.985. The molecule has 0 unspecified atom stereocenters. The van der Waals surface area contributed by atoms with Gasteiger partial charge in [-0.25, -0.2) is 4.98 Å². The molecular formula is C23H23N3O3S. The predicted molar refractivity (Wildman–Crippen MR) is 116 cm³/mol. The van der Waals surface area contributed by atoms with Crippen molar-refractivity contribution < 1.29 is 14.3 Å². The topological polar surface area (TPSA) is 83.3 Å². The van der Waals surface area contributed by atoms with E-state index >= 15 is 0 Å². The molecule has 0 spiro atoms. The molecule has 0 saturated heterocycles. The number of para-hydroxylation sites is 1. The molecule has 0 bridgehead atoms. The van der Waals surface area contributed by atoms with Crippen LogP contribution >= 0.6 is 11.3 Å². The van der Waals surface area contributed by atoms with Gasteiger partial charge in [-0.1, -0.05) is 42.5 Å². The van der Waals surface area contributed by atoms with Crippen LogP contribution in [0.5, 0.6) is 0 Å². The van der Waals surface area contributed by atoms with Gasteiger partial charge in [0.25, 0.3) is 5.91 Å². The van der Waals surface area contributed by atoms with Gasteiger partial charge >= 0.3 is 5.97 Å². The number of hydrogen-bond acceptors (Lipinski definition) is 6. The van der Waals surface area contributed by atoms with Crippen molar-refractivity contribution in [3.05, 3.63) is 65.2 Å². The highest BCUT2D eigenvalue weighted by atomic mass is 32.1. The van der Waals surface area contributed by atoms with Crippen molar-refractivity contribution in [1.29, 1.82) is 5.26 Å². The van der Waals surface area contributed by atoms with Crippen LogP contribution in [0.3, 0.4) is 0 Å². The van der Waals surface area contributed by atoms with E-state index in [4.69, 9.17) is 10.00 Å². The van der Waals surface area contributed by atoms with Crippen LogP contribution in [0.25, 0.3) is 10.2 Å². The Labute approximate surface area is 179 Å². The summed E-state index contributed by atoms with van der Waals surface area (Å²) in [5.74, 6) is -0.816. The number of amides is 1. The van der Waals surface area contributed by atoms with E-state index in [1.165, 1.54) is 4.90 Å². The first-order valence-electron chi connectivity index (χ1n) is 9.62. The number of ether oxygens (including phenoxy) is 1. The fraction of sp³-hybridized carbons (Fsp3) is 0.304. The second kappa shape index (κ2) is 9.51. The lowest BCUT2D eigenvalue weighted by molar-refractivity contribution is -0.156. The summed E-state index contributed by atoms with van der Waals surface area (Å²) < 4.78 is 6.50. The van der Waals surface area contributed by atoms with Crippen LogP contribution in [0.15, 0.2) is 54.6 Å². The second-order valence-electron chi connectivity index (χ2n) is 7.25. The van der Waals surface area contributed by atoms with Gasteiger partial charge in [0.2, 0.25) is 0 Å². The second-order valence-corrected chi connectivity index (χ2v) is 8.36. The normalized spacial score (nSPS) is 12.7. The van der Waals surface area contributed by atoms with Crippen molar-refractivity contribution in [2.75, 3.05) is 20.2 Å². The third-order valence-corrected chi connectivity index (χ3v) is 6.05. The van der Waals surface area contributed by atoms with Crippen molar-refractivity contribution in [3.8, 4) is 6.07 Å². The van der Waals surface area contributed by atoms with E-state index in [2.05, 4.69) is 4.98 Å². The molecule has 0 aliphatic rings. The number of nitrogens with zero attached hydrogens (tertiary/aromatic N) is 3. The maximum absolute atomic E-state index is 13.2. The summed E-state index contributed by atoms with van der Waals surface area (Å²) in [6.07, 6.45) is 0.600. The highest BCUT2D eigenvalue weighted by Crippen LogP contribution is 2.33. The van der Waals surface area contributed by atoms with Crippen LogP contribution in [0.1, 0.15) is 23.9 Å². The molecule has 1 aromatic heterocycles. The van der Waals surface area contributed by atoms with Gasteiger partial charge in [0.15, 0.2) is 6.61 Å². The Kier molecular flexibility index (Phi) is 6.80. The van der Waals surface area contributed by atoms with Crippen molar-refractivity contribution in [1.82, 2.24) is 9.88 Å². The molecule has 0 fully saturated rings. The van der Waals surface area contributed by atoms with Gasteiger partial charge in [0.1, 0.15) is 0 Å². The van der Waals surface area contributed by atoms with Gasteiger partial charge in [-0.15, -0.1) is 11.3 Å². The smallest absolute Gasteiger partial charge is 0.317 e. The molecule has 1 amide bonds. The average molecular weight is 422 g/mol. The number of rotatable bonds is 8. The maximum atomic E-state index is 13.2. The minimum Gasteiger partial charge on any atom is -0.455 e. The molecule has 2 aromatic carbocycles. The lowest BCUT2D eigenvalue weighted by Crippen LogP contribution is -2.39. The van der Waals surface area contributed by atoms with Crippen molar-refractivity contribution in [3.63, 3.8) is 0 Å². The first kappa shape index (κ1) is 21.5. The van der Waals surface area contributed by atoms with Gasteiger partial charge in [0, 0.05) is 20.0 Å². The zero-order valence-corrected chi connectivity index (χ0v) is 17.8. The quantitative estimate of drug-likeness (QED) is 0.518. The van der Waals surface area contributed by atoms with E-state index in [1.807, 2.05) is 67.6 Å². The van der Waals surface area contributed by atoms with E-state index in [9.17, 15) is 9.59 Å². The number of esters is 1. The number of carbonyl (C=O) groups is 2. The summed E-state index contributed by atoms with van der Waals surface area (Å²) in [5, 5.41) is 9.49. The average Bonchev–Trinajstić information content (AvgIpc) is 3.18. The van der Waals surface area contributed by atoms with Crippen molar-refractivity contribution >= 4 is 33.4 Å². The number of carbonyl (C=O) groups excluding carboxylic acids is 2. The van der Waals surface area contributed by atoms with Gasteiger partial charge in [-0.2, -0.15) is 5.26 Å². The molecule has 30 heavy (non-hydrogen) atoms. The van der Waals surface area contributed by atoms with Gasteiger partial charge in [-0.05, 0) is 24.6 Å². The molecule has 0 saturated carbocycles. The summed E-state index contributed by atoms with van der Waals surface area (Å²) in [7, 11) is 1.59. The fourth-order valence-corrected chi connectivity index (χ4v) is 4.26. The lowest BCUT2D eigenvalue weighted by Gasteiger charge is -2.27. The maximum Gasteiger partial charge on any atom is 0.317 e. The zero-order valence-electron chi connectivity index (χ0n) is 17.0. The summed E-state index contributed by atoms with van der Waals surface area (Å²) in [5.41, 5.74) is 0.718. The number of aromatic nitrogens is 1. The third-order valence-electron chi connectivity index (χ3n) is 5.02. The Hall–Kier alpha value is -3.24. The molecule has 3 aromatic rings. The van der Waals surface area contributed by atoms with Crippen molar-refractivity contribution in [2.45, 2.75) is 25.2 Å². The SMILES string of the molecule is CN(CCC#N)C(=O)COC(=O)[C@@](C)(Cc1nc2ccccc2s1)c1ccccc1. The Morgan fingerprint density at radius 2 is 1.87 bits per heavy atom. The van der Waals surface area contributed by atoms with E-state index in [0.717, 1.165) is 20.8 Å². The summed E-state index contributed by atoms with van der Waals surface area (Å²) in [6.45, 7) is 1.76. The standard InChI is InChI=1S/C23H23N3O3S/c1-23(17-9-4-3-5-10-17,15-20-25-18-11-6-7-12-19(18)30-20)22(28)29-16-21(27)26(2)14-8-13-24/h3-7,9-12H,8,14-16H2,1-2H3/t23-/m0/s1. The number of fused-ring (bicyclic) bond motifs is 1. The van der Waals surface area contributed by atoms with Gasteiger partial charge in [-0.3, -0.25) is 9.59 Å². The Bertz CT molecular complexity index is 1040. The van der Waals surface area contributed by atoms with Crippen LogP contribution in [0.4, 0.5) is 0 Å². The molecule has 0 aliphatic carbocycles. The molecular weight excluding hydrogens is 398 g/mol. The molecule has 7 heteroatoms. The summed E-state index contributed by atoms with van der Waals surface area (Å²) in [6, 6.07) is 19.3. The molecule has 1 atom stereocenters. The highest BCUT2D eigenvalue weighted by Gasteiger charge is 2.38. The fourth-order valence-electron chi connectivity index (χ4n) is 3.14. The number of likely N-dealkylation sites (N-methyl/N-ethyl adjacent to an activating group) is 1. The Balaban J connectivity index is 1.80. The molecule has 0 radical (unpaired) electrons. The van der Waals surface area contributed by atoms with Crippen LogP contribution in [0.2, 0.25) is 0 Å². The predicted octanol–water partition coefficient (Wildman–Crippen LogP) is 3.71. The van der Waals surface area contributed by atoms with Crippen LogP contribution in [-0.2, 0) is 26.2 Å². The molecule has 154 valence electrons. The van der Waals surface area contributed by atoms with Gasteiger partial charge < -0.3 is 9.64 Å². The van der Waals surface area contributed by atoms with Crippen LogP contribution < -0.4 is 0 Å². The summed E-state index contributed by atoms with van der Waals surface area (Å²) >= 11 is 1.55. The number of thiazole rings is 1. The van der Waals surface area contributed by atoms with E-state index in [0.29, 0.717) is 13.0 Å². The number of benzene rings is 2. The molecule has 1 heterocycles. The molecule has 3 rings (SSSR count). The van der Waals surface area contributed by atoms with E-state index in [1.54, 1.807) is 18.4 Å². The summed E-state index contributed by atoms with van der Waals surface area (Å²) in [4.78, 5) is 31.4. The Morgan fingerprint density at radius 3 is 2.57 bits per heavy atom.